The first-order valence-electron chi connectivity index (χ1n) is 7.83. The molecule has 5 nitrogen and oxygen atoms in total. The lowest BCUT2D eigenvalue weighted by molar-refractivity contribution is 0.106. The first kappa shape index (κ1) is 16.2. The van der Waals surface area contributed by atoms with E-state index in [-0.39, 0.29) is 0 Å². The number of aliphatic imine (C=N–C) groups is 1. The molecule has 0 bridgehead atoms. The molecule has 2 heterocycles. The second-order valence-electron chi connectivity index (χ2n) is 5.23. The molecule has 118 valence electrons. The molecule has 1 fully saturated rings. The van der Waals surface area contributed by atoms with Crippen LogP contribution in [-0.4, -0.2) is 43.3 Å². The van der Waals surface area contributed by atoms with Crippen molar-refractivity contribution in [2.45, 2.75) is 45.6 Å². The Morgan fingerprint density at radius 2 is 2.43 bits per heavy atom. The molecule has 1 atom stereocenters. The van der Waals surface area contributed by atoms with E-state index in [9.17, 15) is 0 Å². The smallest absolute Gasteiger partial charge is 0.191 e. The predicted molar refractivity (Wildman–Crippen MR) is 88.1 cm³/mol. The summed E-state index contributed by atoms with van der Waals surface area (Å²) < 4.78 is 5.62. The fraction of sp³-hybridized carbons (Fsp3) is 0.733. The molecule has 1 aromatic heterocycles. The summed E-state index contributed by atoms with van der Waals surface area (Å²) in [6.45, 7) is 7.64. The van der Waals surface area contributed by atoms with Crippen molar-refractivity contribution in [2.24, 2.45) is 4.99 Å². The van der Waals surface area contributed by atoms with Gasteiger partial charge < -0.3 is 15.4 Å². The van der Waals surface area contributed by atoms with Gasteiger partial charge in [-0.2, -0.15) is 0 Å². The van der Waals surface area contributed by atoms with Gasteiger partial charge in [-0.15, -0.1) is 11.3 Å². The fourth-order valence-corrected chi connectivity index (χ4v) is 3.13. The molecular formula is C15H26N4OS. The minimum Gasteiger partial charge on any atom is -0.378 e. The maximum Gasteiger partial charge on any atom is 0.191 e. The summed E-state index contributed by atoms with van der Waals surface area (Å²) in [6, 6.07) is 0. The molecule has 2 rings (SSSR count). The second-order valence-corrected chi connectivity index (χ2v) is 6.55. The van der Waals surface area contributed by atoms with Crippen molar-refractivity contribution < 1.29 is 4.74 Å². The Balaban J connectivity index is 1.69. The van der Waals surface area contributed by atoms with Gasteiger partial charge in [0.15, 0.2) is 5.96 Å². The Bertz CT molecular complexity index is 441. The molecule has 1 aliphatic heterocycles. The van der Waals surface area contributed by atoms with Crippen molar-refractivity contribution in [3.63, 3.8) is 0 Å². The molecule has 0 aromatic carbocycles. The molecule has 0 radical (unpaired) electrons. The van der Waals surface area contributed by atoms with E-state index in [1.165, 1.54) is 22.7 Å². The van der Waals surface area contributed by atoms with E-state index in [2.05, 4.69) is 34.5 Å². The summed E-state index contributed by atoms with van der Waals surface area (Å²) >= 11 is 1.76. The van der Waals surface area contributed by atoms with E-state index in [4.69, 9.17) is 4.74 Å². The zero-order valence-electron chi connectivity index (χ0n) is 13.0. The fourth-order valence-electron chi connectivity index (χ4n) is 2.34. The maximum absolute atomic E-state index is 5.62. The molecule has 1 saturated heterocycles. The number of hydrogen-bond donors (Lipinski definition) is 2. The number of ether oxygens (including phenoxy) is 1. The van der Waals surface area contributed by atoms with E-state index < -0.39 is 0 Å². The minimum absolute atomic E-state index is 0.412. The summed E-state index contributed by atoms with van der Waals surface area (Å²) in [4.78, 5) is 10.3. The lowest BCUT2D eigenvalue weighted by atomic mass is 10.2. The van der Waals surface area contributed by atoms with Crippen molar-refractivity contribution in [1.29, 1.82) is 0 Å². The van der Waals surface area contributed by atoms with Crippen LogP contribution in [0.5, 0.6) is 0 Å². The van der Waals surface area contributed by atoms with Crippen molar-refractivity contribution in [3.8, 4) is 0 Å². The van der Waals surface area contributed by atoms with Gasteiger partial charge in [0.1, 0.15) is 0 Å². The maximum atomic E-state index is 5.62. The van der Waals surface area contributed by atoms with Crippen molar-refractivity contribution in [2.75, 3.05) is 26.2 Å². The topological polar surface area (TPSA) is 58.5 Å². The van der Waals surface area contributed by atoms with Crippen LogP contribution in [-0.2, 0) is 11.2 Å². The molecule has 1 aromatic rings. The second kappa shape index (κ2) is 9.00. The number of aromatic nitrogens is 1. The molecular weight excluding hydrogens is 284 g/mol. The van der Waals surface area contributed by atoms with Crippen LogP contribution >= 0.6 is 11.3 Å². The number of guanidine groups is 1. The predicted octanol–water partition coefficient (Wildman–Crippen LogP) is 2.12. The lowest BCUT2D eigenvalue weighted by Crippen LogP contribution is -2.38. The Hall–Kier alpha value is -1.14. The summed E-state index contributed by atoms with van der Waals surface area (Å²) in [6.07, 6.45) is 6.68. The third kappa shape index (κ3) is 6.01. The zero-order chi connectivity index (χ0) is 14.9. The third-order valence-electron chi connectivity index (χ3n) is 3.39. The lowest BCUT2D eigenvalue weighted by Gasteiger charge is -2.11. The monoisotopic (exact) mass is 310 g/mol. The van der Waals surface area contributed by atoms with E-state index in [1.54, 1.807) is 11.3 Å². The molecule has 6 heteroatoms. The van der Waals surface area contributed by atoms with Crippen LogP contribution in [0.2, 0.25) is 0 Å². The highest BCUT2D eigenvalue weighted by Crippen LogP contribution is 2.15. The summed E-state index contributed by atoms with van der Waals surface area (Å²) in [5, 5.41) is 7.83. The normalized spacial score (nSPS) is 19.0. The van der Waals surface area contributed by atoms with E-state index in [0.717, 1.165) is 45.0 Å². The average molecular weight is 310 g/mol. The van der Waals surface area contributed by atoms with Crippen LogP contribution in [0.15, 0.2) is 11.2 Å². The number of nitrogens with one attached hydrogen (secondary N) is 2. The van der Waals surface area contributed by atoms with Crippen LogP contribution in [0, 0.1) is 6.92 Å². The zero-order valence-corrected chi connectivity index (χ0v) is 13.8. The largest absolute Gasteiger partial charge is 0.378 e. The number of rotatable bonds is 7. The van der Waals surface area contributed by atoms with Gasteiger partial charge in [-0.1, -0.05) is 0 Å². The Kier molecular flexibility index (Phi) is 6.95. The van der Waals surface area contributed by atoms with Crippen LogP contribution < -0.4 is 10.6 Å². The van der Waals surface area contributed by atoms with Crippen molar-refractivity contribution in [1.82, 2.24) is 15.6 Å². The molecule has 0 saturated carbocycles. The van der Waals surface area contributed by atoms with Gasteiger partial charge in [-0.05, 0) is 33.1 Å². The van der Waals surface area contributed by atoms with Gasteiger partial charge in [-0.25, -0.2) is 4.98 Å². The highest BCUT2D eigenvalue weighted by Gasteiger charge is 2.14. The van der Waals surface area contributed by atoms with Crippen LogP contribution in [0.1, 0.15) is 36.1 Å². The highest BCUT2D eigenvalue weighted by molar-refractivity contribution is 7.11. The minimum atomic E-state index is 0.412. The molecule has 0 aliphatic carbocycles. The first-order chi connectivity index (χ1) is 10.3. The SMILES string of the molecule is CCNC(=NCCC1CCCO1)NCCc1ncc(C)s1. The van der Waals surface area contributed by atoms with Crippen molar-refractivity contribution >= 4 is 17.3 Å². The number of thiazole rings is 1. The van der Waals surface area contributed by atoms with Crippen LogP contribution in [0.4, 0.5) is 0 Å². The Morgan fingerprint density at radius 1 is 1.52 bits per heavy atom. The van der Waals surface area contributed by atoms with Gasteiger partial charge in [0.2, 0.25) is 0 Å². The van der Waals surface area contributed by atoms with Gasteiger partial charge in [-0.3, -0.25) is 4.99 Å². The van der Waals surface area contributed by atoms with E-state index in [1.807, 2.05) is 6.20 Å². The quantitative estimate of drug-likeness (QED) is 0.598. The summed E-state index contributed by atoms with van der Waals surface area (Å²) in [7, 11) is 0. The summed E-state index contributed by atoms with van der Waals surface area (Å²) in [5.74, 6) is 0.892. The molecule has 0 spiro atoms. The van der Waals surface area contributed by atoms with Crippen molar-refractivity contribution in [3.05, 3.63) is 16.1 Å². The first-order valence-corrected chi connectivity index (χ1v) is 8.64. The van der Waals surface area contributed by atoms with Gasteiger partial charge >= 0.3 is 0 Å². The molecule has 21 heavy (non-hydrogen) atoms. The van der Waals surface area contributed by atoms with Gasteiger partial charge in [0.25, 0.3) is 0 Å². The number of aryl methyl sites for hydroxylation is 1. The molecule has 2 N–H and O–H groups in total. The molecule has 1 aliphatic rings. The third-order valence-corrected chi connectivity index (χ3v) is 4.36. The number of hydrogen-bond acceptors (Lipinski definition) is 4. The highest BCUT2D eigenvalue weighted by atomic mass is 32.1. The molecule has 0 amide bonds. The van der Waals surface area contributed by atoms with Crippen LogP contribution in [0.25, 0.3) is 0 Å². The average Bonchev–Trinajstić information content (AvgIpc) is 3.11. The number of nitrogens with zero attached hydrogens (tertiary/aromatic N) is 2. The standard InChI is InChI=1S/C15H26N4OS/c1-3-16-15(17-8-6-13-5-4-10-20-13)18-9-7-14-19-11-12(2)21-14/h11,13H,3-10H2,1-2H3,(H2,16,17,18). The Morgan fingerprint density at radius 3 is 3.10 bits per heavy atom. The van der Waals surface area contributed by atoms with E-state index >= 15 is 0 Å². The Labute approximate surface area is 131 Å². The van der Waals surface area contributed by atoms with Crippen LogP contribution in [0.3, 0.4) is 0 Å². The molecule has 1 unspecified atom stereocenters. The van der Waals surface area contributed by atoms with E-state index in [0.29, 0.717) is 6.10 Å². The summed E-state index contributed by atoms with van der Waals surface area (Å²) in [5.41, 5.74) is 0. The van der Waals surface area contributed by atoms with Gasteiger partial charge in [0.05, 0.1) is 11.1 Å². The van der Waals surface area contributed by atoms with Gasteiger partial charge in [0, 0.05) is 43.7 Å².